The van der Waals surface area contributed by atoms with Gasteiger partial charge in [0.1, 0.15) is 12.4 Å². The van der Waals surface area contributed by atoms with Gasteiger partial charge in [-0.05, 0) is 56.2 Å². The maximum atomic E-state index is 12.0. The fourth-order valence-corrected chi connectivity index (χ4v) is 3.74. The minimum absolute atomic E-state index is 0.166. The van der Waals surface area contributed by atoms with Crippen LogP contribution in [0, 0.1) is 12.8 Å². The van der Waals surface area contributed by atoms with Crippen LogP contribution in [0.5, 0.6) is 5.75 Å². The number of carbonyl (C=O) groups excluding carboxylic acids is 1. The molecule has 0 spiro atoms. The number of aryl methyl sites for hydroxylation is 1. The number of hydrogen-bond acceptors (Lipinski definition) is 3. The van der Waals surface area contributed by atoms with Crippen LogP contribution in [0.3, 0.4) is 0 Å². The highest BCUT2D eigenvalue weighted by Gasteiger charge is 2.33. The molecule has 2 saturated heterocycles. The van der Waals surface area contributed by atoms with Crippen molar-refractivity contribution in [3.05, 3.63) is 29.8 Å². The normalized spacial score (nSPS) is 26.7. The monoisotopic (exact) mass is 302 g/mol. The van der Waals surface area contributed by atoms with Gasteiger partial charge in [-0.2, -0.15) is 0 Å². The largest absolute Gasteiger partial charge is 0.492 e. The number of rotatable bonds is 6. The Hall–Kier alpha value is -1.55. The van der Waals surface area contributed by atoms with Gasteiger partial charge in [0.05, 0.1) is 6.54 Å². The van der Waals surface area contributed by atoms with Crippen LogP contribution in [0.25, 0.3) is 0 Å². The lowest BCUT2D eigenvalue weighted by atomic mass is 9.89. The third-order valence-corrected chi connectivity index (χ3v) is 4.73. The number of carbonyl (C=O) groups is 1. The number of benzene rings is 1. The van der Waals surface area contributed by atoms with Crippen molar-refractivity contribution in [2.45, 2.75) is 51.1 Å². The van der Waals surface area contributed by atoms with Crippen molar-refractivity contribution in [1.29, 1.82) is 0 Å². The average Bonchev–Trinajstić information content (AvgIpc) is 2.83. The molecular weight excluding hydrogens is 276 g/mol. The second-order valence-corrected chi connectivity index (χ2v) is 6.69. The lowest BCUT2D eigenvalue weighted by Gasteiger charge is -2.28. The molecule has 2 heterocycles. The van der Waals surface area contributed by atoms with Crippen molar-refractivity contribution in [2.75, 3.05) is 13.2 Å². The summed E-state index contributed by atoms with van der Waals surface area (Å²) in [4.78, 5) is 12.0. The molecule has 120 valence electrons. The van der Waals surface area contributed by atoms with Gasteiger partial charge in [-0.15, -0.1) is 0 Å². The highest BCUT2D eigenvalue weighted by atomic mass is 16.5. The van der Waals surface area contributed by atoms with E-state index in [4.69, 9.17) is 4.74 Å². The zero-order valence-electron chi connectivity index (χ0n) is 13.3. The standard InChI is InChI=1S/C18H26N2O2/c1-13-3-2-4-17(9-13)22-8-7-19-18(21)12-14-10-15-5-6-16(11-14)20-15/h2-4,9,14-16,20H,5-8,10-12H2,1H3,(H,19,21). The maximum absolute atomic E-state index is 12.0. The second kappa shape index (κ2) is 7.14. The molecule has 4 nitrogen and oxygen atoms in total. The van der Waals surface area contributed by atoms with Crippen LogP contribution in [0.1, 0.15) is 37.7 Å². The van der Waals surface area contributed by atoms with E-state index in [2.05, 4.69) is 10.6 Å². The van der Waals surface area contributed by atoms with E-state index in [1.54, 1.807) is 0 Å². The zero-order valence-corrected chi connectivity index (χ0v) is 13.3. The first kappa shape index (κ1) is 15.3. The number of fused-ring (bicyclic) bond motifs is 2. The summed E-state index contributed by atoms with van der Waals surface area (Å²) in [5.41, 5.74) is 1.18. The summed E-state index contributed by atoms with van der Waals surface area (Å²) < 4.78 is 5.65. The number of hydrogen-bond donors (Lipinski definition) is 2. The van der Waals surface area contributed by atoms with E-state index < -0.39 is 0 Å². The molecule has 1 amide bonds. The predicted octanol–water partition coefficient (Wildman–Crippen LogP) is 2.41. The first-order valence-electron chi connectivity index (χ1n) is 8.41. The van der Waals surface area contributed by atoms with Crippen LogP contribution in [0.15, 0.2) is 24.3 Å². The molecule has 2 N–H and O–H groups in total. The molecule has 2 aliphatic rings. The Kier molecular flexibility index (Phi) is 4.98. The molecule has 0 aromatic heterocycles. The Morgan fingerprint density at radius 1 is 1.32 bits per heavy atom. The molecule has 2 fully saturated rings. The molecule has 0 radical (unpaired) electrons. The van der Waals surface area contributed by atoms with Crippen LogP contribution in [-0.2, 0) is 4.79 Å². The van der Waals surface area contributed by atoms with Crippen LogP contribution >= 0.6 is 0 Å². The molecule has 1 aromatic carbocycles. The quantitative estimate of drug-likeness (QED) is 0.794. The van der Waals surface area contributed by atoms with Crippen LogP contribution in [0.4, 0.5) is 0 Å². The fourth-order valence-electron chi connectivity index (χ4n) is 3.74. The predicted molar refractivity (Wildman–Crippen MR) is 87.0 cm³/mol. The lowest BCUT2D eigenvalue weighted by Crippen LogP contribution is -2.40. The van der Waals surface area contributed by atoms with Gasteiger partial charge in [0.2, 0.25) is 5.91 Å². The molecule has 2 aliphatic heterocycles. The van der Waals surface area contributed by atoms with Crippen molar-refractivity contribution < 1.29 is 9.53 Å². The first-order chi connectivity index (χ1) is 10.7. The van der Waals surface area contributed by atoms with Gasteiger partial charge in [-0.3, -0.25) is 4.79 Å². The minimum atomic E-state index is 0.166. The fraction of sp³-hybridized carbons (Fsp3) is 0.611. The number of ether oxygens (including phenoxy) is 1. The summed E-state index contributed by atoms with van der Waals surface area (Å²) in [6.45, 7) is 3.14. The summed E-state index contributed by atoms with van der Waals surface area (Å²) in [5, 5.41) is 6.60. The van der Waals surface area contributed by atoms with Gasteiger partial charge in [-0.1, -0.05) is 12.1 Å². The van der Waals surface area contributed by atoms with E-state index in [0.717, 1.165) is 18.6 Å². The first-order valence-corrected chi connectivity index (χ1v) is 8.41. The Bertz CT molecular complexity index is 506. The van der Waals surface area contributed by atoms with E-state index in [1.807, 2.05) is 31.2 Å². The second-order valence-electron chi connectivity index (χ2n) is 6.69. The summed E-state index contributed by atoms with van der Waals surface area (Å²) in [7, 11) is 0. The molecule has 4 heteroatoms. The lowest BCUT2D eigenvalue weighted by molar-refractivity contribution is -0.122. The molecular formula is C18H26N2O2. The molecule has 0 aliphatic carbocycles. The van der Waals surface area contributed by atoms with Gasteiger partial charge < -0.3 is 15.4 Å². The molecule has 2 bridgehead atoms. The third-order valence-electron chi connectivity index (χ3n) is 4.73. The van der Waals surface area contributed by atoms with Crippen molar-refractivity contribution >= 4 is 5.91 Å². The van der Waals surface area contributed by atoms with Gasteiger partial charge >= 0.3 is 0 Å². The Balaban J connectivity index is 1.33. The molecule has 2 atom stereocenters. The van der Waals surface area contributed by atoms with E-state index >= 15 is 0 Å². The Morgan fingerprint density at radius 2 is 2.09 bits per heavy atom. The SMILES string of the molecule is Cc1cccc(OCCNC(=O)CC2CC3CCC(C2)N3)c1. The van der Waals surface area contributed by atoms with Gasteiger partial charge in [0.15, 0.2) is 0 Å². The molecule has 2 unspecified atom stereocenters. The van der Waals surface area contributed by atoms with Crippen molar-refractivity contribution in [3.8, 4) is 5.75 Å². The Morgan fingerprint density at radius 3 is 2.82 bits per heavy atom. The molecule has 0 saturated carbocycles. The van der Waals surface area contributed by atoms with Gasteiger partial charge in [0, 0.05) is 18.5 Å². The summed E-state index contributed by atoms with van der Waals surface area (Å²) in [6.07, 6.45) is 5.55. The van der Waals surface area contributed by atoms with Crippen molar-refractivity contribution in [3.63, 3.8) is 0 Å². The zero-order chi connectivity index (χ0) is 15.4. The third kappa shape index (κ3) is 4.23. The van der Waals surface area contributed by atoms with Crippen LogP contribution < -0.4 is 15.4 Å². The smallest absolute Gasteiger partial charge is 0.220 e. The molecule has 3 rings (SSSR count). The maximum Gasteiger partial charge on any atom is 0.220 e. The van der Waals surface area contributed by atoms with Crippen LogP contribution in [-0.4, -0.2) is 31.1 Å². The van der Waals surface area contributed by atoms with Crippen LogP contribution in [0.2, 0.25) is 0 Å². The number of nitrogens with one attached hydrogen (secondary N) is 2. The average molecular weight is 302 g/mol. The van der Waals surface area contributed by atoms with Gasteiger partial charge in [-0.25, -0.2) is 0 Å². The topological polar surface area (TPSA) is 50.4 Å². The van der Waals surface area contributed by atoms with E-state index in [9.17, 15) is 4.79 Å². The summed E-state index contributed by atoms with van der Waals surface area (Å²) in [6, 6.07) is 9.28. The number of amides is 1. The molecule has 1 aromatic rings. The minimum Gasteiger partial charge on any atom is -0.492 e. The summed E-state index contributed by atoms with van der Waals surface area (Å²) in [5.74, 6) is 1.58. The number of piperidine rings is 1. The van der Waals surface area contributed by atoms with E-state index in [-0.39, 0.29) is 5.91 Å². The Labute approximate surface area is 132 Å². The van der Waals surface area contributed by atoms with Crippen molar-refractivity contribution in [2.24, 2.45) is 5.92 Å². The highest BCUT2D eigenvalue weighted by Crippen LogP contribution is 2.32. The van der Waals surface area contributed by atoms with E-state index in [1.165, 1.54) is 18.4 Å². The summed E-state index contributed by atoms with van der Waals surface area (Å²) >= 11 is 0. The molecule has 22 heavy (non-hydrogen) atoms. The van der Waals surface area contributed by atoms with Gasteiger partial charge in [0.25, 0.3) is 0 Å². The van der Waals surface area contributed by atoms with E-state index in [0.29, 0.717) is 37.6 Å². The highest BCUT2D eigenvalue weighted by molar-refractivity contribution is 5.76. The van der Waals surface area contributed by atoms with Crippen molar-refractivity contribution in [1.82, 2.24) is 10.6 Å².